The Balaban J connectivity index is 2.09. The van der Waals surface area contributed by atoms with Gasteiger partial charge in [-0.05, 0) is 40.6 Å². The molecule has 0 aliphatic carbocycles. The Morgan fingerprint density at radius 2 is 1.81 bits per heavy atom. The van der Waals surface area contributed by atoms with Gasteiger partial charge in [0.1, 0.15) is 10.4 Å². The number of fused-ring (bicyclic) bond motifs is 3. The molecule has 4 aromatic rings. The van der Waals surface area contributed by atoms with Crippen LogP contribution in [0.3, 0.4) is 0 Å². The number of nitrogens with one attached hydrogen (secondary N) is 1. The third-order valence-electron chi connectivity index (χ3n) is 4.68. The van der Waals surface area contributed by atoms with Crippen molar-refractivity contribution < 1.29 is 9.53 Å². The second-order valence-corrected chi connectivity index (χ2v) is 7.77. The molecule has 0 atom stereocenters. The van der Waals surface area contributed by atoms with Crippen molar-refractivity contribution in [2.75, 3.05) is 0 Å². The summed E-state index contributed by atoms with van der Waals surface area (Å²) in [6.07, 6.45) is 0. The number of aromatic amines is 1. The zero-order chi connectivity index (χ0) is 19.1. The van der Waals surface area contributed by atoms with Crippen molar-refractivity contribution in [1.29, 1.82) is 0 Å². The van der Waals surface area contributed by atoms with Crippen LogP contribution in [-0.2, 0) is 4.79 Å². The topological polar surface area (TPSA) is 59.2 Å². The number of esters is 1. The third kappa shape index (κ3) is 3.04. The first kappa shape index (κ1) is 17.5. The lowest BCUT2D eigenvalue weighted by atomic mass is 9.94. The Kier molecular flexibility index (Phi) is 4.32. The highest BCUT2D eigenvalue weighted by Gasteiger charge is 2.17. The molecule has 0 bridgehead atoms. The maximum absolute atomic E-state index is 12.4. The number of rotatable bonds is 3. The molecule has 0 unspecified atom stereocenters. The highest BCUT2D eigenvalue weighted by atomic mass is 32.1. The Morgan fingerprint density at radius 1 is 1.07 bits per heavy atom. The molecule has 0 amide bonds. The number of carbonyl (C=O) groups excluding carboxylic acids is 1. The van der Waals surface area contributed by atoms with Crippen LogP contribution < -0.4 is 10.3 Å². The largest absolute Gasteiger partial charge is 0.426 e. The van der Waals surface area contributed by atoms with Gasteiger partial charge in [0.15, 0.2) is 0 Å². The summed E-state index contributed by atoms with van der Waals surface area (Å²) in [7, 11) is 0. The van der Waals surface area contributed by atoms with E-state index in [-0.39, 0.29) is 11.5 Å². The number of ether oxygens (including phenoxy) is 1. The fraction of sp³-hybridized carbons (Fsp3) is 0.182. The van der Waals surface area contributed by atoms with Crippen LogP contribution in [0.15, 0.2) is 52.6 Å². The maximum Gasteiger partial charge on any atom is 0.308 e. The van der Waals surface area contributed by atoms with Crippen molar-refractivity contribution in [3.63, 3.8) is 0 Å². The molecule has 2 heterocycles. The molecule has 0 radical (unpaired) electrons. The minimum atomic E-state index is -0.375. The van der Waals surface area contributed by atoms with E-state index in [9.17, 15) is 9.59 Å². The fourth-order valence-electron chi connectivity index (χ4n) is 3.39. The van der Waals surface area contributed by atoms with E-state index in [0.717, 1.165) is 27.4 Å². The molecular formula is C22H19NO3S. The van der Waals surface area contributed by atoms with E-state index < -0.39 is 0 Å². The molecule has 0 aliphatic rings. The number of hydrogen-bond acceptors (Lipinski definition) is 4. The summed E-state index contributed by atoms with van der Waals surface area (Å²) >= 11 is 1.41. The summed E-state index contributed by atoms with van der Waals surface area (Å²) in [5, 5.41) is 3.67. The first-order valence-electron chi connectivity index (χ1n) is 8.80. The van der Waals surface area contributed by atoms with Gasteiger partial charge in [-0.25, -0.2) is 0 Å². The van der Waals surface area contributed by atoms with Crippen LogP contribution in [0.1, 0.15) is 32.3 Å². The van der Waals surface area contributed by atoms with E-state index in [0.29, 0.717) is 16.4 Å². The molecule has 136 valence electrons. The minimum absolute atomic E-state index is 0.103. The number of hydrogen-bond donors (Lipinski definition) is 1. The highest BCUT2D eigenvalue weighted by molar-refractivity contribution is 7.17. The number of thiophene rings is 1. The third-order valence-corrected chi connectivity index (χ3v) is 5.59. The number of carbonyl (C=O) groups is 1. The van der Waals surface area contributed by atoms with Crippen LogP contribution in [0.2, 0.25) is 0 Å². The minimum Gasteiger partial charge on any atom is -0.426 e. The molecule has 2 aromatic carbocycles. The van der Waals surface area contributed by atoms with Crippen LogP contribution in [0, 0.1) is 0 Å². The van der Waals surface area contributed by atoms with Gasteiger partial charge < -0.3 is 9.72 Å². The molecule has 2 aromatic heterocycles. The number of H-pyrrole nitrogens is 1. The lowest BCUT2D eigenvalue weighted by Gasteiger charge is -2.14. The predicted octanol–water partition coefficient (Wildman–Crippen LogP) is 5.46. The van der Waals surface area contributed by atoms with Gasteiger partial charge in [-0.1, -0.05) is 38.1 Å². The fourth-order valence-corrected chi connectivity index (χ4v) is 4.19. The van der Waals surface area contributed by atoms with Crippen LogP contribution in [0.25, 0.3) is 32.1 Å². The zero-order valence-corrected chi connectivity index (χ0v) is 16.1. The summed E-state index contributed by atoms with van der Waals surface area (Å²) in [5.41, 5.74) is 3.62. The van der Waals surface area contributed by atoms with E-state index in [1.807, 2.05) is 23.6 Å². The Morgan fingerprint density at radius 3 is 2.48 bits per heavy atom. The van der Waals surface area contributed by atoms with Crippen molar-refractivity contribution in [3.8, 4) is 16.9 Å². The van der Waals surface area contributed by atoms with E-state index >= 15 is 0 Å². The van der Waals surface area contributed by atoms with Gasteiger partial charge in [0.2, 0.25) is 0 Å². The normalized spacial score (nSPS) is 11.4. The van der Waals surface area contributed by atoms with Gasteiger partial charge in [0, 0.05) is 28.8 Å². The van der Waals surface area contributed by atoms with E-state index in [4.69, 9.17) is 4.74 Å². The summed E-state index contributed by atoms with van der Waals surface area (Å²) < 4.78 is 6.18. The predicted molar refractivity (Wildman–Crippen MR) is 111 cm³/mol. The number of aromatic nitrogens is 1. The second kappa shape index (κ2) is 6.67. The van der Waals surface area contributed by atoms with Crippen molar-refractivity contribution in [2.45, 2.75) is 26.7 Å². The van der Waals surface area contributed by atoms with Crippen LogP contribution >= 0.6 is 11.3 Å². The quantitative estimate of drug-likeness (QED) is 0.381. The Bertz CT molecular complexity index is 1220. The molecule has 0 spiro atoms. The van der Waals surface area contributed by atoms with Crippen molar-refractivity contribution in [2.24, 2.45) is 0 Å². The van der Waals surface area contributed by atoms with Gasteiger partial charge in [-0.2, -0.15) is 0 Å². The smallest absolute Gasteiger partial charge is 0.308 e. The average molecular weight is 377 g/mol. The highest BCUT2D eigenvalue weighted by Crippen LogP contribution is 2.40. The maximum atomic E-state index is 12.4. The summed E-state index contributed by atoms with van der Waals surface area (Å²) in [5.74, 6) is 0.548. The Labute approximate surface area is 160 Å². The monoisotopic (exact) mass is 377 g/mol. The van der Waals surface area contributed by atoms with Gasteiger partial charge in [-0.15, -0.1) is 11.3 Å². The first-order valence-corrected chi connectivity index (χ1v) is 9.68. The lowest BCUT2D eigenvalue weighted by Crippen LogP contribution is -2.07. The molecular weight excluding hydrogens is 358 g/mol. The number of pyridine rings is 1. The second-order valence-electron chi connectivity index (χ2n) is 6.85. The summed E-state index contributed by atoms with van der Waals surface area (Å²) in [4.78, 5) is 27.0. The molecule has 27 heavy (non-hydrogen) atoms. The van der Waals surface area contributed by atoms with E-state index in [1.165, 1.54) is 23.8 Å². The van der Waals surface area contributed by atoms with Crippen LogP contribution in [0.5, 0.6) is 5.75 Å². The standard InChI is InChI=1S/C22H19NO3S/c1-12(2)14-4-6-15(7-5-14)19-18(26-13(3)24)9-8-17-20(19)16-10-11-27-21(16)22(25)23-17/h4-12H,1-3H3,(H,23,25). The summed E-state index contributed by atoms with van der Waals surface area (Å²) in [6.45, 7) is 5.69. The molecule has 4 rings (SSSR count). The summed E-state index contributed by atoms with van der Waals surface area (Å²) in [6, 6.07) is 13.7. The van der Waals surface area contributed by atoms with Crippen molar-refractivity contribution in [1.82, 2.24) is 4.98 Å². The van der Waals surface area contributed by atoms with Gasteiger partial charge in [-0.3, -0.25) is 9.59 Å². The van der Waals surface area contributed by atoms with Crippen LogP contribution in [0.4, 0.5) is 0 Å². The van der Waals surface area contributed by atoms with Gasteiger partial charge in [0.05, 0.1) is 0 Å². The molecule has 4 nitrogen and oxygen atoms in total. The van der Waals surface area contributed by atoms with Crippen molar-refractivity contribution >= 4 is 38.3 Å². The Hall–Kier alpha value is -2.92. The molecule has 0 aliphatic heterocycles. The van der Waals surface area contributed by atoms with Gasteiger partial charge >= 0.3 is 5.97 Å². The average Bonchev–Trinajstić information content (AvgIpc) is 3.12. The lowest BCUT2D eigenvalue weighted by molar-refractivity contribution is -0.131. The molecule has 1 N–H and O–H groups in total. The van der Waals surface area contributed by atoms with E-state index in [2.05, 4.69) is 31.0 Å². The van der Waals surface area contributed by atoms with E-state index in [1.54, 1.807) is 12.1 Å². The SMILES string of the molecule is CC(=O)Oc1ccc2[nH]c(=O)c3sccc3c2c1-c1ccc(C(C)C)cc1. The number of benzene rings is 2. The van der Waals surface area contributed by atoms with Crippen molar-refractivity contribution in [3.05, 3.63) is 63.8 Å². The zero-order valence-electron chi connectivity index (χ0n) is 15.3. The molecule has 0 saturated heterocycles. The molecule has 5 heteroatoms. The molecule has 0 fully saturated rings. The molecule has 0 saturated carbocycles. The van der Waals surface area contributed by atoms with Gasteiger partial charge in [0.25, 0.3) is 5.56 Å². The first-order chi connectivity index (χ1) is 13.0. The van der Waals surface area contributed by atoms with Crippen LogP contribution in [-0.4, -0.2) is 11.0 Å².